The first-order valence-electron chi connectivity index (χ1n) is 6.49. The van der Waals surface area contributed by atoms with Gasteiger partial charge in [-0.2, -0.15) is 10.3 Å². The molecule has 0 aliphatic heterocycles. The SMILES string of the molecule is COc1ccc(-c2cn(CCSc3cn[nH]n3)nn2)c(F)c1. The molecule has 0 saturated carbocycles. The van der Waals surface area contributed by atoms with Crippen LogP contribution in [-0.4, -0.2) is 43.3 Å². The molecule has 0 bridgehead atoms. The molecule has 0 saturated heterocycles. The van der Waals surface area contributed by atoms with E-state index in [1.165, 1.54) is 13.2 Å². The second kappa shape index (κ2) is 6.56. The molecule has 114 valence electrons. The van der Waals surface area contributed by atoms with E-state index in [1.54, 1.807) is 41.0 Å². The van der Waals surface area contributed by atoms with Crippen molar-refractivity contribution in [1.82, 2.24) is 30.4 Å². The average Bonchev–Trinajstić information content (AvgIpc) is 3.19. The van der Waals surface area contributed by atoms with Gasteiger partial charge >= 0.3 is 0 Å². The van der Waals surface area contributed by atoms with Crippen LogP contribution in [0, 0.1) is 5.82 Å². The van der Waals surface area contributed by atoms with Gasteiger partial charge in [-0.15, -0.1) is 22.0 Å². The highest BCUT2D eigenvalue weighted by atomic mass is 32.2. The van der Waals surface area contributed by atoms with E-state index in [9.17, 15) is 4.39 Å². The highest BCUT2D eigenvalue weighted by Crippen LogP contribution is 2.24. The predicted octanol–water partition coefficient (Wildman–Crippen LogP) is 2.00. The number of H-pyrrole nitrogens is 1. The molecule has 0 aliphatic rings. The molecule has 0 amide bonds. The van der Waals surface area contributed by atoms with Crippen LogP contribution in [0.15, 0.2) is 35.6 Å². The first-order chi connectivity index (χ1) is 10.8. The molecule has 3 rings (SSSR count). The van der Waals surface area contributed by atoms with Crippen LogP contribution in [0.4, 0.5) is 4.39 Å². The Morgan fingerprint density at radius 3 is 3.05 bits per heavy atom. The third kappa shape index (κ3) is 3.25. The van der Waals surface area contributed by atoms with Gasteiger partial charge in [-0.3, -0.25) is 4.68 Å². The third-order valence-electron chi connectivity index (χ3n) is 2.95. The molecular formula is C13H13FN6OS. The maximum absolute atomic E-state index is 14.0. The van der Waals surface area contributed by atoms with Crippen LogP contribution < -0.4 is 4.74 Å². The number of nitrogens with one attached hydrogen (secondary N) is 1. The molecule has 0 fully saturated rings. The highest BCUT2D eigenvalue weighted by molar-refractivity contribution is 7.99. The van der Waals surface area contributed by atoms with Gasteiger partial charge in [-0.25, -0.2) is 4.39 Å². The largest absolute Gasteiger partial charge is 0.497 e. The number of hydrogen-bond donors (Lipinski definition) is 1. The zero-order chi connectivity index (χ0) is 15.4. The fraction of sp³-hybridized carbons (Fsp3) is 0.231. The van der Waals surface area contributed by atoms with Gasteiger partial charge in [-0.1, -0.05) is 5.21 Å². The monoisotopic (exact) mass is 320 g/mol. The number of aromatic amines is 1. The number of nitrogens with zero attached hydrogens (tertiary/aromatic N) is 5. The van der Waals surface area contributed by atoms with Gasteiger partial charge in [0, 0.05) is 17.4 Å². The Hall–Kier alpha value is -2.42. The second-order valence-electron chi connectivity index (χ2n) is 4.37. The van der Waals surface area contributed by atoms with Crippen LogP contribution in [0.25, 0.3) is 11.3 Å². The van der Waals surface area contributed by atoms with Crippen molar-refractivity contribution < 1.29 is 9.13 Å². The van der Waals surface area contributed by atoms with Crippen molar-refractivity contribution in [3.8, 4) is 17.0 Å². The van der Waals surface area contributed by atoms with Gasteiger partial charge in [0.1, 0.15) is 22.3 Å². The topological polar surface area (TPSA) is 81.5 Å². The first-order valence-corrected chi connectivity index (χ1v) is 7.47. The minimum atomic E-state index is -0.386. The first kappa shape index (κ1) is 14.5. The number of benzene rings is 1. The number of thioether (sulfide) groups is 1. The molecule has 2 heterocycles. The predicted molar refractivity (Wildman–Crippen MR) is 79.1 cm³/mol. The molecule has 0 aliphatic carbocycles. The summed E-state index contributed by atoms with van der Waals surface area (Å²) in [6.45, 7) is 0.641. The van der Waals surface area contributed by atoms with Crippen LogP contribution in [0.1, 0.15) is 0 Å². The molecule has 0 radical (unpaired) electrons. The van der Waals surface area contributed by atoms with Gasteiger partial charge in [0.05, 0.1) is 26.0 Å². The van der Waals surface area contributed by atoms with Gasteiger partial charge < -0.3 is 4.74 Å². The summed E-state index contributed by atoms with van der Waals surface area (Å²) in [5.74, 6) is 0.849. The summed E-state index contributed by atoms with van der Waals surface area (Å²) < 4.78 is 20.6. The third-order valence-corrected chi connectivity index (χ3v) is 3.83. The molecule has 0 atom stereocenters. The van der Waals surface area contributed by atoms with Crippen LogP contribution in [0.2, 0.25) is 0 Å². The van der Waals surface area contributed by atoms with Crippen LogP contribution in [0.5, 0.6) is 5.75 Å². The molecule has 1 aromatic carbocycles. The second-order valence-corrected chi connectivity index (χ2v) is 5.48. The minimum absolute atomic E-state index is 0.386. The summed E-state index contributed by atoms with van der Waals surface area (Å²) in [5, 5.41) is 19.1. The summed E-state index contributed by atoms with van der Waals surface area (Å²) in [6.07, 6.45) is 3.37. The molecule has 22 heavy (non-hydrogen) atoms. The van der Waals surface area contributed by atoms with Crippen LogP contribution in [-0.2, 0) is 6.54 Å². The zero-order valence-electron chi connectivity index (χ0n) is 11.7. The number of halogens is 1. The van der Waals surface area contributed by atoms with Crippen molar-refractivity contribution >= 4 is 11.8 Å². The number of rotatable bonds is 6. The van der Waals surface area contributed by atoms with E-state index < -0.39 is 0 Å². The van der Waals surface area contributed by atoms with E-state index in [1.807, 2.05) is 0 Å². The fourth-order valence-corrected chi connectivity index (χ4v) is 2.59. The summed E-state index contributed by atoms with van der Waals surface area (Å²) in [4.78, 5) is 0. The van der Waals surface area contributed by atoms with Gasteiger partial charge in [0.25, 0.3) is 0 Å². The Morgan fingerprint density at radius 1 is 1.41 bits per heavy atom. The Bertz CT molecular complexity index is 745. The average molecular weight is 320 g/mol. The maximum atomic E-state index is 14.0. The molecular weight excluding hydrogens is 307 g/mol. The fourth-order valence-electron chi connectivity index (χ4n) is 1.87. The molecule has 9 heteroatoms. The van der Waals surface area contributed by atoms with E-state index in [2.05, 4.69) is 25.7 Å². The molecule has 1 N–H and O–H groups in total. The lowest BCUT2D eigenvalue weighted by molar-refractivity contribution is 0.411. The quantitative estimate of drug-likeness (QED) is 0.700. The van der Waals surface area contributed by atoms with E-state index in [4.69, 9.17) is 4.74 Å². The zero-order valence-corrected chi connectivity index (χ0v) is 12.5. The van der Waals surface area contributed by atoms with Crippen molar-refractivity contribution in [3.05, 3.63) is 36.4 Å². The smallest absolute Gasteiger partial charge is 0.138 e. The number of ether oxygens (including phenoxy) is 1. The van der Waals surface area contributed by atoms with E-state index in [0.29, 0.717) is 23.6 Å². The highest BCUT2D eigenvalue weighted by Gasteiger charge is 2.10. The number of hydrogen-bond acceptors (Lipinski definition) is 6. The van der Waals surface area contributed by atoms with Gasteiger partial charge in [0.15, 0.2) is 0 Å². The Morgan fingerprint density at radius 2 is 2.32 bits per heavy atom. The molecule has 7 nitrogen and oxygen atoms in total. The van der Waals surface area contributed by atoms with Crippen molar-refractivity contribution in [2.75, 3.05) is 12.9 Å². The number of aromatic nitrogens is 6. The van der Waals surface area contributed by atoms with Gasteiger partial charge in [-0.05, 0) is 12.1 Å². The lowest BCUT2D eigenvalue weighted by Crippen LogP contribution is -2.01. The molecule has 2 aromatic heterocycles. The van der Waals surface area contributed by atoms with Crippen molar-refractivity contribution in [2.45, 2.75) is 11.6 Å². The Labute approximate surface area is 129 Å². The van der Waals surface area contributed by atoms with Crippen LogP contribution >= 0.6 is 11.8 Å². The van der Waals surface area contributed by atoms with Crippen LogP contribution in [0.3, 0.4) is 0 Å². The Balaban J connectivity index is 1.65. The van der Waals surface area contributed by atoms with Crippen molar-refractivity contribution in [2.24, 2.45) is 0 Å². The van der Waals surface area contributed by atoms with E-state index >= 15 is 0 Å². The normalized spacial score (nSPS) is 10.8. The van der Waals surface area contributed by atoms with E-state index in [0.717, 1.165) is 10.8 Å². The molecule has 0 unspecified atom stereocenters. The van der Waals surface area contributed by atoms with Gasteiger partial charge in [0.2, 0.25) is 0 Å². The molecule has 0 spiro atoms. The standard InChI is InChI=1S/C13H13FN6OS/c1-21-9-2-3-10(11(14)6-9)12-8-20(19-16-12)4-5-22-13-7-15-18-17-13/h2-3,6-8H,4-5H2,1H3,(H,15,17,18). The van der Waals surface area contributed by atoms with Crippen molar-refractivity contribution in [1.29, 1.82) is 0 Å². The van der Waals surface area contributed by atoms with Crippen molar-refractivity contribution in [3.63, 3.8) is 0 Å². The summed E-state index contributed by atoms with van der Waals surface area (Å²) in [6, 6.07) is 4.65. The van der Waals surface area contributed by atoms with E-state index in [-0.39, 0.29) is 5.82 Å². The minimum Gasteiger partial charge on any atom is -0.497 e. The Kier molecular flexibility index (Phi) is 4.33. The summed E-state index contributed by atoms with van der Waals surface area (Å²) in [5.41, 5.74) is 0.891. The summed E-state index contributed by atoms with van der Waals surface area (Å²) in [7, 11) is 1.50. The maximum Gasteiger partial charge on any atom is 0.138 e. The molecule has 3 aromatic rings. The summed E-state index contributed by atoms with van der Waals surface area (Å²) >= 11 is 1.55. The number of methoxy groups -OCH3 is 1. The lowest BCUT2D eigenvalue weighted by atomic mass is 10.1. The number of aryl methyl sites for hydroxylation is 1. The lowest BCUT2D eigenvalue weighted by Gasteiger charge is -2.02.